The first-order valence-electron chi connectivity index (χ1n) is 9.91. The summed E-state index contributed by atoms with van der Waals surface area (Å²) >= 11 is 0. The SMILES string of the molecule is CC(=O)Oc1ccccc1C(=O)OC1CO[C@H]2[C@@H]1OC[C@H]2OC(=O)c1cccc(C)c1. The maximum absolute atomic E-state index is 12.7. The molecule has 0 aliphatic carbocycles. The fourth-order valence-electron chi connectivity index (χ4n) is 3.69. The van der Waals surface area contributed by atoms with Crippen molar-refractivity contribution in [3.63, 3.8) is 0 Å². The van der Waals surface area contributed by atoms with E-state index >= 15 is 0 Å². The van der Waals surface area contributed by atoms with Gasteiger partial charge in [-0.05, 0) is 31.2 Å². The molecule has 0 saturated carbocycles. The lowest BCUT2D eigenvalue weighted by molar-refractivity contribution is -0.131. The van der Waals surface area contributed by atoms with Crippen LogP contribution < -0.4 is 4.74 Å². The van der Waals surface area contributed by atoms with Crippen LogP contribution in [0, 0.1) is 6.92 Å². The minimum absolute atomic E-state index is 0.106. The summed E-state index contributed by atoms with van der Waals surface area (Å²) in [4.78, 5) is 36.4. The molecular formula is C23H22O8. The zero-order chi connectivity index (χ0) is 22.0. The van der Waals surface area contributed by atoms with Gasteiger partial charge < -0.3 is 23.7 Å². The van der Waals surface area contributed by atoms with E-state index in [9.17, 15) is 14.4 Å². The normalized spacial score (nSPS) is 24.3. The van der Waals surface area contributed by atoms with E-state index in [0.717, 1.165) is 5.56 Å². The molecule has 0 amide bonds. The van der Waals surface area contributed by atoms with Crippen LogP contribution in [0.2, 0.25) is 0 Å². The highest BCUT2D eigenvalue weighted by atomic mass is 16.7. The first kappa shape index (κ1) is 21.0. The van der Waals surface area contributed by atoms with Gasteiger partial charge in [-0.2, -0.15) is 0 Å². The molecule has 4 atom stereocenters. The zero-order valence-corrected chi connectivity index (χ0v) is 17.1. The number of hydrogen-bond acceptors (Lipinski definition) is 8. The summed E-state index contributed by atoms with van der Waals surface area (Å²) in [5, 5.41) is 0. The molecule has 31 heavy (non-hydrogen) atoms. The van der Waals surface area contributed by atoms with E-state index in [-0.39, 0.29) is 24.5 Å². The van der Waals surface area contributed by atoms with Crippen LogP contribution in [-0.2, 0) is 23.7 Å². The van der Waals surface area contributed by atoms with Gasteiger partial charge in [-0.1, -0.05) is 29.8 Å². The molecule has 4 rings (SSSR count). The largest absolute Gasteiger partial charge is 0.453 e. The van der Waals surface area contributed by atoms with Crippen LogP contribution in [0.3, 0.4) is 0 Å². The highest BCUT2D eigenvalue weighted by molar-refractivity contribution is 5.93. The van der Waals surface area contributed by atoms with Crippen LogP contribution in [0.25, 0.3) is 0 Å². The predicted molar refractivity (Wildman–Crippen MR) is 107 cm³/mol. The highest BCUT2D eigenvalue weighted by Gasteiger charge is 2.51. The summed E-state index contributed by atoms with van der Waals surface area (Å²) in [6.07, 6.45) is -2.36. The van der Waals surface area contributed by atoms with Crippen LogP contribution in [0.5, 0.6) is 5.75 Å². The van der Waals surface area contributed by atoms with Crippen LogP contribution in [-0.4, -0.2) is 55.5 Å². The van der Waals surface area contributed by atoms with Gasteiger partial charge in [0.25, 0.3) is 0 Å². The Morgan fingerprint density at radius 1 is 0.871 bits per heavy atom. The standard InChI is InChI=1S/C23H22O8/c1-13-6-5-7-15(10-13)22(25)30-18-11-27-21-19(12-28-20(18)21)31-23(26)16-8-3-4-9-17(16)29-14(2)24/h3-10,18-21H,11-12H2,1-2H3/t18-,19?,20-,21-/m1/s1. The Morgan fingerprint density at radius 3 is 2.16 bits per heavy atom. The molecule has 2 aliphatic rings. The molecular weight excluding hydrogens is 404 g/mol. The number of ether oxygens (including phenoxy) is 5. The number of fused-ring (bicyclic) bond motifs is 1. The monoisotopic (exact) mass is 426 g/mol. The third-order valence-electron chi connectivity index (χ3n) is 5.09. The lowest BCUT2D eigenvalue weighted by Crippen LogP contribution is -2.36. The number of para-hydroxylation sites is 1. The molecule has 0 bridgehead atoms. The Morgan fingerprint density at radius 2 is 1.52 bits per heavy atom. The Bertz CT molecular complexity index is 1000. The molecule has 2 heterocycles. The van der Waals surface area contributed by atoms with Gasteiger partial charge in [0.2, 0.25) is 0 Å². The maximum Gasteiger partial charge on any atom is 0.342 e. The van der Waals surface area contributed by atoms with Crippen molar-refractivity contribution in [2.24, 2.45) is 0 Å². The quantitative estimate of drug-likeness (QED) is 0.531. The molecule has 2 saturated heterocycles. The van der Waals surface area contributed by atoms with E-state index < -0.39 is 42.3 Å². The number of carbonyl (C=O) groups is 3. The van der Waals surface area contributed by atoms with Gasteiger partial charge in [0.1, 0.15) is 23.5 Å². The summed E-state index contributed by atoms with van der Waals surface area (Å²) in [6, 6.07) is 13.4. The molecule has 0 radical (unpaired) electrons. The summed E-state index contributed by atoms with van der Waals surface area (Å²) in [5.41, 5.74) is 1.53. The number of rotatable bonds is 5. The molecule has 2 aliphatic heterocycles. The third-order valence-corrected chi connectivity index (χ3v) is 5.09. The summed E-state index contributed by atoms with van der Waals surface area (Å²) in [5.74, 6) is -1.54. The third kappa shape index (κ3) is 4.60. The maximum atomic E-state index is 12.7. The number of benzene rings is 2. The Hall–Kier alpha value is -3.23. The van der Waals surface area contributed by atoms with Crippen LogP contribution in [0.4, 0.5) is 0 Å². The van der Waals surface area contributed by atoms with Crippen molar-refractivity contribution in [3.8, 4) is 5.75 Å². The minimum atomic E-state index is -0.675. The van der Waals surface area contributed by atoms with Crippen LogP contribution in [0.15, 0.2) is 48.5 Å². The predicted octanol–water partition coefficient (Wildman–Crippen LogP) is 2.47. The van der Waals surface area contributed by atoms with Gasteiger partial charge in [0, 0.05) is 6.92 Å². The second-order valence-corrected chi connectivity index (χ2v) is 7.44. The number of aryl methyl sites for hydroxylation is 1. The zero-order valence-electron chi connectivity index (χ0n) is 17.1. The summed E-state index contributed by atoms with van der Waals surface area (Å²) in [7, 11) is 0. The van der Waals surface area contributed by atoms with E-state index in [1.165, 1.54) is 19.1 Å². The Balaban J connectivity index is 1.39. The lowest BCUT2D eigenvalue weighted by atomic mass is 10.1. The molecule has 8 heteroatoms. The van der Waals surface area contributed by atoms with E-state index in [1.807, 2.05) is 13.0 Å². The van der Waals surface area contributed by atoms with Crippen molar-refractivity contribution in [2.45, 2.75) is 38.3 Å². The average Bonchev–Trinajstić information content (AvgIpc) is 3.31. The van der Waals surface area contributed by atoms with Crippen molar-refractivity contribution in [3.05, 3.63) is 65.2 Å². The Labute approximate surface area is 179 Å². The van der Waals surface area contributed by atoms with E-state index in [4.69, 9.17) is 23.7 Å². The molecule has 0 spiro atoms. The molecule has 1 unspecified atom stereocenters. The fraction of sp³-hybridized carbons (Fsp3) is 0.348. The second kappa shape index (κ2) is 8.87. The molecule has 8 nitrogen and oxygen atoms in total. The van der Waals surface area contributed by atoms with E-state index in [2.05, 4.69) is 0 Å². The molecule has 0 aromatic heterocycles. The number of hydrogen-bond donors (Lipinski definition) is 0. The molecule has 2 aromatic carbocycles. The van der Waals surface area contributed by atoms with Crippen LogP contribution >= 0.6 is 0 Å². The molecule has 162 valence electrons. The van der Waals surface area contributed by atoms with Gasteiger partial charge in [-0.3, -0.25) is 4.79 Å². The smallest absolute Gasteiger partial charge is 0.342 e. The van der Waals surface area contributed by atoms with Gasteiger partial charge in [0.05, 0.1) is 18.8 Å². The lowest BCUT2D eigenvalue weighted by Gasteiger charge is -2.18. The van der Waals surface area contributed by atoms with Crippen molar-refractivity contribution in [1.29, 1.82) is 0 Å². The van der Waals surface area contributed by atoms with E-state index in [1.54, 1.807) is 30.3 Å². The van der Waals surface area contributed by atoms with E-state index in [0.29, 0.717) is 5.56 Å². The van der Waals surface area contributed by atoms with Gasteiger partial charge in [-0.25, -0.2) is 9.59 Å². The number of carbonyl (C=O) groups excluding carboxylic acids is 3. The summed E-state index contributed by atoms with van der Waals surface area (Å²) in [6.45, 7) is 3.40. The van der Waals surface area contributed by atoms with Crippen LogP contribution in [0.1, 0.15) is 33.2 Å². The summed E-state index contributed by atoms with van der Waals surface area (Å²) < 4.78 is 27.7. The Kier molecular flexibility index (Phi) is 6.01. The first-order chi connectivity index (χ1) is 14.9. The second-order valence-electron chi connectivity index (χ2n) is 7.44. The first-order valence-corrected chi connectivity index (χ1v) is 9.91. The van der Waals surface area contributed by atoms with Crippen molar-refractivity contribution < 1.29 is 38.1 Å². The minimum Gasteiger partial charge on any atom is -0.453 e. The molecule has 2 aromatic rings. The fourth-order valence-corrected chi connectivity index (χ4v) is 3.69. The topological polar surface area (TPSA) is 97.4 Å². The average molecular weight is 426 g/mol. The van der Waals surface area contributed by atoms with Gasteiger partial charge >= 0.3 is 17.9 Å². The van der Waals surface area contributed by atoms with Crippen molar-refractivity contribution >= 4 is 17.9 Å². The van der Waals surface area contributed by atoms with Crippen molar-refractivity contribution in [1.82, 2.24) is 0 Å². The highest BCUT2D eigenvalue weighted by Crippen LogP contribution is 2.32. The van der Waals surface area contributed by atoms with Crippen molar-refractivity contribution in [2.75, 3.05) is 13.2 Å². The van der Waals surface area contributed by atoms with Gasteiger partial charge in [0.15, 0.2) is 12.2 Å². The molecule has 0 N–H and O–H groups in total. The molecule has 2 fully saturated rings. The number of esters is 3. The van der Waals surface area contributed by atoms with Gasteiger partial charge in [-0.15, -0.1) is 0 Å².